The van der Waals surface area contributed by atoms with Crippen LogP contribution in [-0.2, 0) is 0 Å². The van der Waals surface area contributed by atoms with Crippen LogP contribution in [-0.4, -0.2) is 5.78 Å². The zero-order valence-corrected chi connectivity index (χ0v) is 13.1. The fraction of sp³-hybridized carbons (Fsp3) is 0. The summed E-state index contributed by atoms with van der Waals surface area (Å²) in [5.41, 5.74) is 0.976. The molecule has 0 aliphatic heterocycles. The second-order valence-corrected chi connectivity index (χ2v) is 5.86. The second kappa shape index (κ2) is 5.58. The quantitative estimate of drug-likeness (QED) is 0.540. The van der Waals surface area contributed by atoms with Crippen molar-refractivity contribution >= 4 is 44.1 Å². The zero-order chi connectivity index (χ0) is 15.0. The maximum absolute atomic E-state index is 13.8. The lowest BCUT2D eigenvalue weighted by Gasteiger charge is -2.07. The first-order chi connectivity index (χ1) is 10.1. The number of fused-ring (bicyclic) bond motifs is 1. The summed E-state index contributed by atoms with van der Waals surface area (Å²) in [5.74, 6) is -0.497. The minimum absolute atomic E-state index is 0.163. The van der Waals surface area contributed by atoms with E-state index in [2.05, 4.69) is 15.9 Å². The van der Waals surface area contributed by atoms with Gasteiger partial charge >= 0.3 is 0 Å². The van der Waals surface area contributed by atoms with Crippen LogP contribution in [0.15, 0.2) is 59.1 Å². The Morgan fingerprint density at radius 3 is 2.43 bits per heavy atom. The van der Waals surface area contributed by atoms with Gasteiger partial charge in [-0.3, -0.25) is 4.79 Å². The minimum atomic E-state index is -0.334. The van der Waals surface area contributed by atoms with Gasteiger partial charge in [0, 0.05) is 21.0 Å². The number of carbonyl (C=O) groups is 1. The Kier molecular flexibility index (Phi) is 3.79. The molecule has 21 heavy (non-hydrogen) atoms. The molecule has 3 aromatic carbocycles. The molecular formula is C17H9BrClFO. The third-order valence-corrected chi connectivity index (χ3v) is 4.51. The number of rotatable bonds is 2. The van der Waals surface area contributed by atoms with Gasteiger partial charge in [0.15, 0.2) is 5.78 Å². The van der Waals surface area contributed by atoms with Crippen LogP contribution in [0.1, 0.15) is 15.9 Å². The topological polar surface area (TPSA) is 17.1 Å². The maximum atomic E-state index is 13.8. The summed E-state index contributed by atoms with van der Waals surface area (Å²) < 4.78 is 14.5. The molecule has 0 N–H and O–H groups in total. The Labute approximate surface area is 134 Å². The molecule has 0 aromatic heterocycles. The first-order valence-corrected chi connectivity index (χ1v) is 7.42. The molecule has 0 unspecified atom stereocenters. The molecule has 0 bridgehead atoms. The van der Waals surface area contributed by atoms with Crippen molar-refractivity contribution in [1.82, 2.24) is 0 Å². The van der Waals surface area contributed by atoms with Gasteiger partial charge < -0.3 is 0 Å². The third-order valence-electron chi connectivity index (χ3n) is 3.30. The van der Waals surface area contributed by atoms with Crippen molar-refractivity contribution in [2.45, 2.75) is 0 Å². The third kappa shape index (κ3) is 2.59. The summed E-state index contributed by atoms with van der Waals surface area (Å²) in [7, 11) is 0. The highest BCUT2D eigenvalue weighted by Crippen LogP contribution is 2.27. The molecule has 0 atom stereocenters. The molecule has 0 radical (unpaired) electrons. The van der Waals surface area contributed by atoms with Crippen molar-refractivity contribution in [2.24, 2.45) is 0 Å². The molecule has 0 heterocycles. The van der Waals surface area contributed by atoms with Crippen LogP contribution in [0.4, 0.5) is 4.39 Å². The summed E-state index contributed by atoms with van der Waals surface area (Å²) in [5, 5.41) is 1.58. The predicted molar refractivity (Wildman–Crippen MR) is 86.5 cm³/mol. The predicted octanol–water partition coefficient (Wildman–Crippen LogP) is 5.63. The Bertz CT molecular complexity index is 861. The zero-order valence-electron chi connectivity index (χ0n) is 10.7. The molecule has 3 aromatic rings. The molecule has 4 heteroatoms. The monoisotopic (exact) mass is 362 g/mol. The first kappa shape index (κ1) is 14.2. The van der Waals surface area contributed by atoms with E-state index < -0.39 is 0 Å². The summed E-state index contributed by atoms with van der Waals surface area (Å²) in [6, 6.07) is 14.8. The fourth-order valence-electron chi connectivity index (χ4n) is 2.25. The maximum Gasteiger partial charge on any atom is 0.193 e. The fourth-order valence-corrected chi connectivity index (χ4v) is 2.75. The van der Waals surface area contributed by atoms with Gasteiger partial charge in [0.1, 0.15) is 5.82 Å². The summed E-state index contributed by atoms with van der Waals surface area (Å²) in [6.07, 6.45) is 0. The number of carbonyl (C=O) groups excluding carboxylic acids is 1. The van der Waals surface area contributed by atoms with Crippen molar-refractivity contribution in [2.75, 3.05) is 0 Å². The SMILES string of the molecule is O=C(c1ccc(Cl)c(Br)c1)c1ccc(F)c2ccccc12. The molecule has 104 valence electrons. The number of ketones is 1. The van der Waals surface area contributed by atoms with Gasteiger partial charge in [-0.15, -0.1) is 0 Å². The molecule has 0 saturated carbocycles. The van der Waals surface area contributed by atoms with E-state index in [0.29, 0.717) is 31.4 Å². The number of halogens is 3. The Hall–Kier alpha value is -1.71. The molecule has 0 aliphatic carbocycles. The normalized spacial score (nSPS) is 10.8. The summed E-state index contributed by atoms with van der Waals surface area (Å²) >= 11 is 9.24. The Morgan fingerprint density at radius 2 is 1.71 bits per heavy atom. The average molecular weight is 364 g/mol. The molecule has 0 saturated heterocycles. The summed E-state index contributed by atoms with van der Waals surface area (Å²) in [4.78, 5) is 12.6. The lowest BCUT2D eigenvalue weighted by molar-refractivity contribution is 0.104. The van der Waals surface area contributed by atoms with Crippen LogP contribution in [0.2, 0.25) is 5.02 Å². The molecule has 0 aliphatic rings. The van der Waals surface area contributed by atoms with E-state index >= 15 is 0 Å². The van der Waals surface area contributed by atoms with E-state index in [1.807, 2.05) is 0 Å². The second-order valence-electron chi connectivity index (χ2n) is 4.60. The van der Waals surface area contributed by atoms with Gasteiger partial charge in [0.05, 0.1) is 5.02 Å². The lowest BCUT2D eigenvalue weighted by atomic mass is 9.97. The van der Waals surface area contributed by atoms with Crippen molar-refractivity contribution in [3.8, 4) is 0 Å². The van der Waals surface area contributed by atoms with Crippen molar-refractivity contribution in [1.29, 1.82) is 0 Å². The van der Waals surface area contributed by atoms with Gasteiger partial charge in [0.25, 0.3) is 0 Å². The van der Waals surface area contributed by atoms with Gasteiger partial charge in [-0.2, -0.15) is 0 Å². The van der Waals surface area contributed by atoms with Crippen LogP contribution in [0.3, 0.4) is 0 Å². The summed E-state index contributed by atoms with van der Waals surface area (Å²) in [6.45, 7) is 0. The highest BCUT2D eigenvalue weighted by Gasteiger charge is 2.15. The van der Waals surface area contributed by atoms with Crippen molar-refractivity contribution in [3.63, 3.8) is 0 Å². The number of hydrogen-bond donors (Lipinski definition) is 0. The highest BCUT2D eigenvalue weighted by molar-refractivity contribution is 9.10. The van der Waals surface area contributed by atoms with E-state index in [-0.39, 0.29) is 11.6 Å². The van der Waals surface area contributed by atoms with Crippen LogP contribution >= 0.6 is 27.5 Å². The van der Waals surface area contributed by atoms with Crippen LogP contribution in [0.25, 0.3) is 10.8 Å². The Morgan fingerprint density at radius 1 is 1.00 bits per heavy atom. The molecule has 0 amide bonds. The standard InChI is InChI=1S/C17H9BrClFO/c18-14-9-10(5-7-15(14)19)17(21)13-6-8-16(20)12-4-2-1-3-11(12)13/h1-9H. The van der Waals surface area contributed by atoms with E-state index in [4.69, 9.17) is 11.6 Å². The van der Waals surface area contributed by atoms with E-state index in [0.717, 1.165) is 0 Å². The highest BCUT2D eigenvalue weighted by atomic mass is 79.9. The molecule has 0 fully saturated rings. The van der Waals surface area contributed by atoms with Crippen LogP contribution in [0.5, 0.6) is 0 Å². The van der Waals surface area contributed by atoms with E-state index in [1.165, 1.54) is 12.1 Å². The van der Waals surface area contributed by atoms with Gasteiger partial charge in [-0.05, 0) is 51.6 Å². The average Bonchev–Trinajstić information content (AvgIpc) is 2.50. The molecule has 3 rings (SSSR count). The van der Waals surface area contributed by atoms with E-state index in [1.54, 1.807) is 42.5 Å². The number of hydrogen-bond acceptors (Lipinski definition) is 1. The minimum Gasteiger partial charge on any atom is -0.289 e. The van der Waals surface area contributed by atoms with Crippen molar-refractivity contribution in [3.05, 3.63) is 81.0 Å². The van der Waals surface area contributed by atoms with Gasteiger partial charge in [0.2, 0.25) is 0 Å². The lowest BCUT2D eigenvalue weighted by Crippen LogP contribution is -2.03. The van der Waals surface area contributed by atoms with Gasteiger partial charge in [-0.25, -0.2) is 4.39 Å². The molecule has 0 spiro atoms. The van der Waals surface area contributed by atoms with E-state index in [9.17, 15) is 9.18 Å². The first-order valence-electron chi connectivity index (χ1n) is 6.25. The molecular weight excluding hydrogens is 355 g/mol. The molecule has 1 nitrogen and oxygen atoms in total. The number of benzene rings is 3. The van der Waals surface area contributed by atoms with Gasteiger partial charge in [-0.1, -0.05) is 35.9 Å². The van der Waals surface area contributed by atoms with Crippen LogP contribution < -0.4 is 0 Å². The largest absolute Gasteiger partial charge is 0.289 e. The van der Waals surface area contributed by atoms with Crippen LogP contribution in [0, 0.1) is 5.82 Å². The van der Waals surface area contributed by atoms with Crippen molar-refractivity contribution < 1.29 is 9.18 Å². The Balaban J connectivity index is 2.18. The smallest absolute Gasteiger partial charge is 0.193 e.